The number of nitrogens with zero attached hydrogens (tertiary/aromatic N) is 4. The minimum Gasteiger partial charge on any atom is -0.497 e. The van der Waals surface area contributed by atoms with Gasteiger partial charge in [0.2, 0.25) is 5.89 Å². The number of aromatic nitrogens is 4. The van der Waals surface area contributed by atoms with Gasteiger partial charge >= 0.3 is 0 Å². The standard InChI is InChI=1S/C19H16N4O2/c1-13-17(12-20-23(13)15-6-4-3-5-7-15)19-22-21-18(25-19)14-8-10-16(24-2)11-9-14/h3-12H,1-2H3. The third kappa shape index (κ3) is 2.78. The monoisotopic (exact) mass is 332 g/mol. The molecule has 2 aromatic carbocycles. The maximum Gasteiger partial charge on any atom is 0.251 e. The van der Waals surface area contributed by atoms with Crippen molar-refractivity contribution < 1.29 is 9.15 Å². The molecule has 0 bridgehead atoms. The minimum atomic E-state index is 0.450. The van der Waals surface area contributed by atoms with Crippen molar-refractivity contribution in [2.75, 3.05) is 7.11 Å². The molecule has 0 aliphatic rings. The predicted octanol–water partition coefficient (Wildman–Crippen LogP) is 3.91. The zero-order valence-electron chi connectivity index (χ0n) is 13.9. The molecule has 0 saturated carbocycles. The van der Waals surface area contributed by atoms with E-state index >= 15 is 0 Å². The number of benzene rings is 2. The zero-order valence-corrected chi connectivity index (χ0v) is 13.9. The molecule has 0 N–H and O–H groups in total. The number of rotatable bonds is 4. The fourth-order valence-electron chi connectivity index (χ4n) is 2.63. The maximum atomic E-state index is 5.84. The van der Waals surface area contributed by atoms with Gasteiger partial charge in [-0.2, -0.15) is 5.10 Å². The highest BCUT2D eigenvalue weighted by atomic mass is 16.5. The average molecular weight is 332 g/mol. The van der Waals surface area contributed by atoms with Crippen LogP contribution in [0.15, 0.2) is 65.2 Å². The number of hydrogen-bond acceptors (Lipinski definition) is 5. The van der Waals surface area contributed by atoms with Crippen LogP contribution in [0.5, 0.6) is 5.75 Å². The van der Waals surface area contributed by atoms with E-state index in [-0.39, 0.29) is 0 Å². The summed E-state index contributed by atoms with van der Waals surface area (Å²) in [5.74, 6) is 1.69. The Balaban J connectivity index is 1.67. The first-order valence-electron chi connectivity index (χ1n) is 7.84. The number of methoxy groups -OCH3 is 1. The van der Waals surface area contributed by atoms with Crippen LogP contribution in [0.3, 0.4) is 0 Å². The highest BCUT2D eigenvalue weighted by Gasteiger charge is 2.16. The maximum absolute atomic E-state index is 5.84. The fraction of sp³-hybridized carbons (Fsp3) is 0.105. The number of para-hydroxylation sites is 1. The molecule has 0 amide bonds. The van der Waals surface area contributed by atoms with E-state index in [4.69, 9.17) is 9.15 Å². The van der Waals surface area contributed by atoms with Crippen molar-refractivity contribution in [3.05, 3.63) is 66.5 Å². The quantitative estimate of drug-likeness (QED) is 0.567. The van der Waals surface area contributed by atoms with Gasteiger partial charge in [-0.15, -0.1) is 10.2 Å². The second-order valence-electron chi connectivity index (χ2n) is 5.53. The summed E-state index contributed by atoms with van der Waals surface area (Å²) in [5.41, 5.74) is 3.58. The Morgan fingerprint density at radius 2 is 1.64 bits per heavy atom. The Morgan fingerprint density at radius 3 is 2.36 bits per heavy atom. The van der Waals surface area contributed by atoms with Crippen LogP contribution in [-0.4, -0.2) is 27.1 Å². The summed E-state index contributed by atoms with van der Waals surface area (Å²) in [4.78, 5) is 0. The lowest BCUT2D eigenvalue weighted by molar-refractivity contribution is 0.415. The average Bonchev–Trinajstić information content (AvgIpc) is 3.29. The highest BCUT2D eigenvalue weighted by Crippen LogP contribution is 2.28. The molecular weight excluding hydrogens is 316 g/mol. The topological polar surface area (TPSA) is 66.0 Å². The molecule has 0 atom stereocenters. The largest absolute Gasteiger partial charge is 0.497 e. The van der Waals surface area contributed by atoms with Crippen LogP contribution in [0.4, 0.5) is 0 Å². The molecule has 25 heavy (non-hydrogen) atoms. The zero-order chi connectivity index (χ0) is 17.2. The first kappa shape index (κ1) is 15.1. The van der Waals surface area contributed by atoms with Crippen molar-refractivity contribution in [2.45, 2.75) is 6.92 Å². The molecule has 2 heterocycles. The summed E-state index contributed by atoms with van der Waals surface area (Å²) in [6.07, 6.45) is 1.74. The molecule has 6 nitrogen and oxygen atoms in total. The summed E-state index contributed by atoms with van der Waals surface area (Å²) >= 11 is 0. The van der Waals surface area contributed by atoms with Crippen molar-refractivity contribution in [3.8, 4) is 34.3 Å². The Morgan fingerprint density at radius 1 is 0.920 bits per heavy atom. The van der Waals surface area contributed by atoms with Gasteiger partial charge in [-0.3, -0.25) is 0 Å². The van der Waals surface area contributed by atoms with Crippen LogP contribution in [-0.2, 0) is 0 Å². The second kappa shape index (κ2) is 6.24. The molecule has 2 aromatic heterocycles. The number of hydrogen-bond donors (Lipinski definition) is 0. The minimum absolute atomic E-state index is 0.450. The van der Waals surface area contributed by atoms with E-state index in [0.29, 0.717) is 11.8 Å². The van der Waals surface area contributed by atoms with E-state index in [1.54, 1.807) is 13.3 Å². The molecule has 124 valence electrons. The molecule has 0 saturated heterocycles. The first-order chi connectivity index (χ1) is 12.3. The van der Waals surface area contributed by atoms with E-state index in [9.17, 15) is 0 Å². The van der Waals surface area contributed by atoms with E-state index in [2.05, 4.69) is 15.3 Å². The van der Waals surface area contributed by atoms with Gasteiger partial charge in [-0.25, -0.2) is 4.68 Å². The van der Waals surface area contributed by atoms with Gasteiger partial charge in [-0.1, -0.05) is 18.2 Å². The molecule has 0 aliphatic carbocycles. The summed E-state index contributed by atoms with van der Waals surface area (Å²) in [6.45, 7) is 1.98. The van der Waals surface area contributed by atoms with Gasteiger partial charge in [0.05, 0.1) is 30.3 Å². The van der Waals surface area contributed by atoms with Crippen LogP contribution in [0, 0.1) is 6.92 Å². The van der Waals surface area contributed by atoms with Crippen LogP contribution >= 0.6 is 0 Å². The first-order valence-corrected chi connectivity index (χ1v) is 7.84. The van der Waals surface area contributed by atoms with Crippen LogP contribution in [0.1, 0.15) is 5.69 Å². The van der Waals surface area contributed by atoms with E-state index in [0.717, 1.165) is 28.3 Å². The van der Waals surface area contributed by atoms with E-state index < -0.39 is 0 Å². The third-order valence-electron chi connectivity index (χ3n) is 4.00. The summed E-state index contributed by atoms with van der Waals surface area (Å²) < 4.78 is 12.9. The molecule has 0 aliphatic heterocycles. The van der Waals surface area contributed by atoms with Gasteiger partial charge in [0, 0.05) is 5.56 Å². The summed E-state index contributed by atoms with van der Waals surface area (Å²) in [5, 5.41) is 12.8. The summed E-state index contributed by atoms with van der Waals surface area (Å²) in [6, 6.07) is 17.4. The van der Waals surface area contributed by atoms with Crippen LogP contribution in [0.25, 0.3) is 28.6 Å². The summed E-state index contributed by atoms with van der Waals surface area (Å²) in [7, 11) is 1.63. The van der Waals surface area contributed by atoms with Crippen molar-refractivity contribution in [2.24, 2.45) is 0 Å². The van der Waals surface area contributed by atoms with Gasteiger partial charge in [-0.05, 0) is 43.3 Å². The second-order valence-corrected chi connectivity index (χ2v) is 5.53. The Labute approximate surface area is 144 Å². The fourth-order valence-corrected chi connectivity index (χ4v) is 2.63. The SMILES string of the molecule is COc1ccc(-c2nnc(-c3cnn(-c4ccccc4)c3C)o2)cc1. The van der Waals surface area contributed by atoms with Gasteiger partial charge in [0.25, 0.3) is 5.89 Å². The predicted molar refractivity (Wildman–Crippen MR) is 93.6 cm³/mol. The Kier molecular flexibility index (Phi) is 3.78. The van der Waals surface area contributed by atoms with Crippen molar-refractivity contribution in [1.82, 2.24) is 20.0 Å². The van der Waals surface area contributed by atoms with Crippen LogP contribution in [0.2, 0.25) is 0 Å². The van der Waals surface area contributed by atoms with E-state index in [1.165, 1.54) is 0 Å². The van der Waals surface area contributed by atoms with Gasteiger partial charge in [0.15, 0.2) is 0 Å². The molecule has 0 fully saturated rings. The molecule has 4 aromatic rings. The number of ether oxygens (including phenoxy) is 1. The molecule has 6 heteroatoms. The van der Waals surface area contributed by atoms with Gasteiger partial charge < -0.3 is 9.15 Å². The molecule has 0 unspecified atom stereocenters. The molecule has 4 rings (SSSR count). The smallest absolute Gasteiger partial charge is 0.251 e. The molecule has 0 spiro atoms. The Bertz CT molecular complexity index is 988. The lowest BCUT2D eigenvalue weighted by Crippen LogP contribution is -1.98. The normalized spacial score (nSPS) is 10.8. The lowest BCUT2D eigenvalue weighted by atomic mass is 10.2. The van der Waals surface area contributed by atoms with Crippen molar-refractivity contribution in [1.29, 1.82) is 0 Å². The molecular formula is C19H16N4O2. The highest BCUT2D eigenvalue weighted by molar-refractivity contribution is 5.60. The third-order valence-corrected chi connectivity index (χ3v) is 4.00. The Hall–Kier alpha value is -3.41. The molecule has 0 radical (unpaired) electrons. The van der Waals surface area contributed by atoms with Crippen molar-refractivity contribution in [3.63, 3.8) is 0 Å². The van der Waals surface area contributed by atoms with E-state index in [1.807, 2.05) is 66.2 Å². The van der Waals surface area contributed by atoms with Crippen LogP contribution < -0.4 is 4.74 Å². The van der Waals surface area contributed by atoms with Crippen molar-refractivity contribution >= 4 is 0 Å². The lowest BCUT2D eigenvalue weighted by Gasteiger charge is -2.03. The van der Waals surface area contributed by atoms with Gasteiger partial charge in [0.1, 0.15) is 5.75 Å².